The average Bonchev–Trinajstić information content (AvgIpc) is 2.86. The summed E-state index contributed by atoms with van der Waals surface area (Å²) in [4.78, 5) is 12.7. The molecule has 188 valence electrons. The summed E-state index contributed by atoms with van der Waals surface area (Å²) in [6, 6.07) is 4.44. The molecule has 0 amide bonds. The highest BCUT2D eigenvalue weighted by Gasteiger charge is 2.39. The summed E-state index contributed by atoms with van der Waals surface area (Å²) < 4.78 is 25.3. The van der Waals surface area contributed by atoms with Gasteiger partial charge in [-0.3, -0.25) is 4.79 Å². The Kier molecular flexibility index (Phi) is 9.08. The number of allylic oxidation sites excluding steroid dienone is 1. The van der Waals surface area contributed by atoms with Crippen LogP contribution in [-0.2, 0) is 4.79 Å². The minimum Gasteiger partial charge on any atom is -0.489 e. The van der Waals surface area contributed by atoms with Gasteiger partial charge in [0.25, 0.3) is 0 Å². The quantitative estimate of drug-likeness (QED) is 0.219. The maximum atomic E-state index is 14.4. The summed E-state index contributed by atoms with van der Waals surface area (Å²) in [5, 5.41) is 0. The summed E-state index contributed by atoms with van der Waals surface area (Å²) in [5.41, 5.74) is 0. The van der Waals surface area contributed by atoms with E-state index in [-0.39, 0.29) is 17.6 Å². The van der Waals surface area contributed by atoms with Crippen LogP contribution in [-0.4, -0.2) is 12.6 Å². The van der Waals surface area contributed by atoms with Crippen molar-refractivity contribution in [2.24, 2.45) is 35.5 Å². The van der Waals surface area contributed by atoms with Crippen LogP contribution in [0.3, 0.4) is 0 Å². The number of benzene rings is 1. The maximum absolute atomic E-state index is 14.4. The van der Waals surface area contributed by atoms with Gasteiger partial charge in [0, 0.05) is 6.07 Å². The van der Waals surface area contributed by atoms with Gasteiger partial charge >= 0.3 is 5.97 Å². The summed E-state index contributed by atoms with van der Waals surface area (Å²) in [7, 11) is 0. The number of esters is 1. The minimum absolute atomic E-state index is 0.00232. The number of rotatable bonds is 8. The molecule has 0 saturated heterocycles. The van der Waals surface area contributed by atoms with Gasteiger partial charge in [0.1, 0.15) is 12.4 Å². The van der Waals surface area contributed by atoms with Gasteiger partial charge in [-0.2, -0.15) is 0 Å². The van der Waals surface area contributed by atoms with E-state index in [0.29, 0.717) is 12.4 Å². The molecule has 4 rings (SSSR count). The molecule has 0 aliphatic heterocycles. The van der Waals surface area contributed by atoms with Crippen LogP contribution in [0.1, 0.15) is 90.9 Å². The third-order valence-corrected chi connectivity index (χ3v) is 8.93. The lowest BCUT2D eigenvalue weighted by molar-refractivity contribution is -0.140. The van der Waals surface area contributed by atoms with E-state index >= 15 is 0 Å². The van der Waals surface area contributed by atoms with E-state index in [9.17, 15) is 9.18 Å². The molecule has 3 aliphatic carbocycles. The van der Waals surface area contributed by atoms with E-state index in [0.717, 1.165) is 55.3 Å². The van der Waals surface area contributed by atoms with Crippen molar-refractivity contribution in [3.8, 4) is 11.5 Å². The van der Waals surface area contributed by atoms with Gasteiger partial charge in [0.15, 0.2) is 11.6 Å². The van der Waals surface area contributed by atoms with Crippen LogP contribution in [0.25, 0.3) is 0 Å². The molecule has 0 bridgehead atoms. The van der Waals surface area contributed by atoms with Gasteiger partial charge in [-0.15, -0.1) is 0 Å². The smallest absolute Gasteiger partial charge is 0.314 e. The highest BCUT2D eigenvalue weighted by Crippen LogP contribution is 2.49. The first kappa shape index (κ1) is 25.3. The lowest BCUT2D eigenvalue weighted by Crippen LogP contribution is -2.35. The van der Waals surface area contributed by atoms with Crippen molar-refractivity contribution in [1.29, 1.82) is 0 Å². The van der Waals surface area contributed by atoms with Crippen molar-refractivity contribution in [1.82, 2.24) is 0 Å². The second-order valence-corrected chi connectivity index (χ2v) is 11.1. The Morgan fingerprint density at radius 2 is 1.65 bits per heavy atom. The first-order valence-corrected chi connectivity index (χ1v) is 13.8. The zero-order valence-electron chi connectivity index (χ0n) is 21.1. The van der Waals surface area contributed by atoms with Gasteiger partial charge in [0.05, 0.1) is 5.92 Å². The second kappa shape index (κ2) is 12.2. The topological polar surface area (TPSA) is 35.5 Å². The normalized spacial score (nSPS) is 31.7. The average molecular weight is 471 g/mol. The molecule has 3 fully saturated rings. The highest BCUT2D eigenvalue weighted by molar-refractivity contribution is 5.75. The molecule has 4 atom stereocenters. The standard InChI is InChI=1S/C30H43FO3/c1-3-5-17-33-27-15-16-29(28(31)20-27)34-30(32)23-11-9-22(10-12-23)25-14-13-24-18-21(6-4-2)7-8-26(24)19-25/h3,5,15-16,20-26H,4,6-14,17-19H2,1-2H3/b5-3+. The van der Waals surface area contributed by atoms with Crippen molar-refractivity contribution in [3.63, 3.8) is 0 Å². The molecule has 0 heterocycles. The van der Waals surface area contributed by atoms with Gasteiger partial charge in [-0.1, -0.05) is 38.3 Å². The van der Waals surface area contributed by atoms with E-state index in [1.54, 1.807) is 6.07 Å². The summed E-state index contributed by atoms with van der Waals surface area (Å²) in [6.45, 7) is 4.62. The zero-order valence-corrected chi connectivity index (χ0v) is 21.1. The van der Waals surface area contributed by atoms with E-state index < -0.39 is 5.82 Å². The molecule has 3 saturated carbocycles. The molecular formula is C30H43FO3. The molecule has 0 N–H and O–H groups in total. The number of carbonyl (C=O) groups is 1. The molecule has 3 aliphatic rings. The van der Waals surface area contributed by atoms with Gasteiger partial charge in [0.2, 0.25) is 0 Å². The van der Waals surface area contributed by atoms with Gasteiger partial charge in [-0.05, 0) is 106 Å². The maximum Gasteiger partial charge on any atom is 0.314 e. The van der Waals surface area contributed by atoms with Crippen LogP contribution in [0.15, 0.2) is 30.4 Å². The van der Waals surface area contributed by atoms with Crippen molar-refractivity contribution in [3.05, 3.63) is 36.2 Å². The molecule has 1 aromatic carbocycles. The monoisotopic (exact) mass is 470 g/mol. The third-order valence-electron chi connectivity index (χ3n) is 8.93. The molecule has 0 spiro atoms. The second-order valence-electron chi connectivity index (χ2n) is 11.1. The first-order valence-electron chi connectivity index (χ1n) is 13.8. The predicted octanol–water partition coefficient (Wildman–Crippen LogP) is 8.13. The molecule has 4 heteroatoms. The number of hydrogen-bond acceptors (Lipinski definition) is 3. The summed E-state index contributed by atoms with van der Waals surface area (Å²) in [5.74, 6) is 4.00. The SMILES string of the molecule is C/C=C/COc1ccc(OC(=O)C2CCC(C3CCC4CC(CCC)CCC4C3)CC2)c(F)c1. The summed E-state index contributed by atoms with van der Waals surface area (Å²) >= 11 is 0. The van der Waals surface area contributed by atoms with Crippen molar-refractivity contribution >= 4 is 5.97 Å². The van der Waals surface area contributed by atoms with E-state index in [1.165, 1.54) is 63.5 Å². The van der Waals surface area contributed by atoms with Crippen LogP contribution >= 0.6 is 0 Å². The Hall–Kier alpha value is -1.84. The number of ether oxygens (including phenoxy) is 2. The number of halogens is 1. The summed E-state index contributed by atoms with van der Waals surface area (Å²) in [6.07, 6.45) is 19.0. The zero-order chi connectivity index (χ0) is 23.9. The van der Waals surface area contributed by atoms with Gasteiger partial charge in [-0.25, -0.2) is 4.39 Å². The number of carbonyl (C=O) groups excluding carboxylic acids is 1. The van der Waals surface area contributed by atoms with E-state index in [2.05, 4.69) is 6.92 Å². The molecule has 3 nitrogen and oxygen atoms in total. The van der Waals surface area contributed by atoms with Crippen LogP contribution in [0.4, 0.5) is 4.39 Å². The van der Waals surface area contributed by atoms with Crippen LogP contribution in [0.2, 0.25) is 0 Å². The van der Waals surface area contributed by atoms with Crippen molar-refractivity contribution in [2.75, 3.05) is 6.61 Å². The predicted molar refractivity (Wildman–Crippen MR) is 134 cm³/mol. The molecule has 0 aromatic heterocycles. The largest absolute Gasteiger partial charge is 0.489 e. The number of fused-ring (bicyclic) bond motifs is 1. The lowest BCUT2D eigenvalue weighted by Gasteiger charge is -2.45. The molecule has 1 aromatic rings. The van der Waals surface area contributed by atoms with Crippen LogP contribution < -0.4 is 9.47 Å². The van der Waals surface area contributed by atoms with E-state index in [4.69, 9.17) is 9.47 Å². The molecular weight excluding hydrogens is 427 g/mol. The Morgan fingerprint density at radius 1 is 0.971 bits per heavy atom. The van der Waals surface area contributed by atoms with E-state index in [1.807, 2.05) is 19.1 Å². The van der Waals surface area contributed by atoms with Crippen LogP contribution in [0.5, 0.6) is 11.5 Å². The molecule has 34 heavy (non-hydrogen) atoms. The number of hydrogen-bond donors (Lipinski definition) is 0. The Balaban J connectivity index is 1.22. The lowest BCUT2D eigenvalue weighted by atomic mass is 9.60. The van der Waals surface area contributed by atoms with Crippen molar-refractivity contribution < 1.29 is 18.7 Å². The third kappa shape index (κ3) is 6.43. The van der Waals surface area contributed by atoms with Gasteiger partial charge < -0.3 is 9.47 Å². The van der Waals surface area contributed by atoms with Crippen molar-refractivity contribution in [2.45, 2.75) is 90.9 Å². The fourth-order valence-corrected chi connectivity index (χ4v) is 7.03. The molecule has 0 radical (unpaired) electrons. The highest BCUT2D eigenvalue weighted by atomic mass is 19.1. The fraction of sp³-hybridized carbons (Fsp3) is 0.700. The Bertz CT molecular complexity index is 826. The van der Waals surface area contributed by atoms with Crippen LogP contribution in [0, 0.1) is 41.3 Å². The molecule has 4 unspecified atom stereocenters. The Morgan fingerprint density at radius 3 is 2.35 bits per heavy atom. The Labute approximate surface area is 205 Å². The minimum atomic E-state index is -0.551. The fourth-order valence-electron chi connectivity index (χ4n) is 7.03. The first-order chi connectivity index (χ1) is 16.6.